The molecule has 0 saturated heterocycles. The molecule has 0 fully saturated rings. The Bertz CT molecular complexity index is 611. The number of hydrogen-bond acceptors (Lipinski definition) is 4. The van der Waals surface area contributed by atoms with E-state index in [-0.39, 0.29) is 15.6 Å². The number of nitrogens with zero attached hydrogens (tertiary/aromatic N) is 3. The van der Waals surface area contributed by atoms with E-state index < -0.39 is 28.9 Å². The highest BCUT2D eigenvalue weighted by atomic mass is 35.5. The van der Waals surface area contributed by atoms with Crippen molar-refractivity contribution in [1.82, 2.24) is 4.31 Å². The highest BCUT2D eigenvalue weighted by Gasteiger charge is 2.24. The van der Waals surface area contributed by atoms with Crippen molar-refractivity contribution in [3.8, 4) is 12.1 Å². The van der Waals surface area contributed by atoms with Gasteiger partial charge in [-0.1, -0.05) is 29.3 Å². The topological polar surface area (TPSA) is 85.0 Å². The first kappa shape index (κ1) is 15.7. The second-order valence-corrected chi connectivity index (χ2v) is 6.32. The van der Waals surface area contributed by atoms with E-state index in [1.165, 1.54) is 12.1 Å². The van der Waals surface area contributed by atoms with Crippen molar-refractivity contribution in [2.24, 2.45) is 0 Å². The summed E-state index contributed by atoms with van der Waals surface area (Å²) in [5.74, 6) is -0.450. The van der Waals surface area contributed by atoms with Gasteiger partial charge >= 0.3 is 0 Å². The molecule has 5 nitrogen and oxygen atoms in total. The summed E-state index contributed by atoms with van der Waals surface area (Å²) in [5, 5.41) is 17.6. The van der Waals surface area contributed by atoms with Crippen molar-refractivity contribution < 1.29 is 8.42 Å². The third-order valence-electron chi connectivity index (χ3n) is 2.28. The molecule has 1 aromatic rings. The molecule has 0 aliphatic rings. The zero-order valence-electron chi connectivity index (χ0n) is 9.68. The molecule has 0 aromatic heterocycles. The molecule has 0 aliphatic heterocycles. The maximum absolute atomic E-state index is 12.1. The number of benzene rings is 1. The Balaban J connectivity index is 3.09. The molecule has 1 aromatic carbocycles. The van der Waals surface area contributed by atoms with E-state index in [1.807, 2.05) is 0 Å². The lowest BCUT2D eigenvalue weighted by molar-refractivity contribution is 0.478. The van der Waals surface area contributed by atoms with Gasteiger partial charge in [0.15, 0.2) is 0 Å². The lowest BCUT2D eigenvalue weighted by Crippen LogP contribution is -2.33. The number of sulfonamides is 1. The van der Waals surface area contributed by atoms with Crippen LogP contribution in [0.15, 0.2) is 18.2 Å². The second-order valence-electron chi connectivity index (χ2n) is 3.54. The van der Waals surface area contributed by atoms with Gasteiger partial charge in [-0.3, -0.25) is 0 Å². The van der Waals surface area contributed by atoms with Crippen LogP contribution in [0.2, 0.25) is 10.0 Å². The summed E-state index contributed by atoms with van der Waals surface area (Å²) in [5.41, 5.74) is 0.256. The Morgan fingerprint density at radius 2 is 1.58 bits per heavy atom. The number of nitriles is 2. The Labute approximate surface area is 121 Å². The molecule has 0 heterocycles. The zero-order valence-corrected chi connectivity index (χ0v) is 12.0. The number of hydrogen-bond donors (Lipinski definition) is 0. The van der Waals surface area contributed by atoms with Gasteiger partial charge in [0, 0.05) is 15.6 Å². The van der Waals surface area contributed by atoms with Gasteiger partial charge in [0.05, 0.1) is 17.9 Å². The van der Waals surface area contributed by atoms with E-state index >= 15 is 0 Å². The van der Waals surface area contributed by atoms with Crippen molar-refractivity contribution >= 4 is 33.2 Å². The van der Waals surface area contributed by atoms with Crippen LogP contribution in [0.1, 0.15) is 5.56 Å². The van der Waals surface area contributed by atoms with Crippen molar-refractivity contribution in [1.29, 1.82) is 10.5 Å². The average molecular weight is 318 g/mol. The van der Waals surface area contributed by atoms with Gasteiger partial charge in [0.1, 0.15) is 13.1 Å². The first-order valence-corrected chi connectivity index (χ1v) is 7.43. The maximum atomic E-state index is 12.1. The summed E-state index contributed by atoms with van der Waals surface area (Å²) >= 11 is 11.8. The molecular formula is C11H9Cl2N3O2S. The van der Waals surface area contributed by atoms with Gasteiger partial charge in [-0.15, -0.1) is 0 Å². The van der Waals surface area contributed by atoms with Crippen molar-refractivity contribution in [3.63, 3.8) is 0 Å². The third-order valence-corrected chi connectivity index (χ3v) is 4.68. The number of halogens is 2. The molecule has 0 N–H and O–H groups in total. The van der Waals surface area contributed by atoms with E-state index in [1.54, 1.807) is 18.2 Å². The van der Waals surface area contributed by atoms with E-state index in [9.17, 15) is 8.42 Å². The Kier molecular flexibility index (Phi) is 5.59. The highest BCUT2D eigenvalue weighted by Crippen LogP contribution is 2.27. The third kappa shape index (κ3) is 4.09. The lowest BCUT2D eigenvalue weighted by atomic mass is 10.2. The Morgan fingerprint density at radius 3 is 2.00 bits per heavy atom. The van der Waals surface area contributed by atoms with Crippen molar-refractivity contribution in [2.45, 2.75) is 5.75 Å². The Morgan fingerprint density at radius 1 is 1.11 bits per heavy atom. The normalized spacial score (nSPS) is 11.0. The first-order valence-electron chi connectivity index (χ1n) is 5.07. The molecule has 0 amide bonds. The SMILES string of the molecule is N#CCN(CC#N)S(=O)(=O)Cc1c(Cl)cccc1Cl. The van der Waals surface area contributed by atoms with E-state index in [4.69, 9.17) is 33.7 Å². The molecule has 0 saturated carbocycles. The van der Waals surface area contributed by atoms with Gasteiger partial charge in [-0.2, -0.15) is 14.8 Å². The van der Waals surface area contributed by atoms with Crippen LogP contribution < -0.4 is 0 Å². The van der Waals surface area contributed by atoms with Crippen LogP contribution in [0.3, 0.4) is 0 Å². The van der Waals surface area contributed by atoms with Gasteiger partial charge in [0.2, 0.25) is 10.0 Å². The molecule has 19 heavy (non-hydrogen) atoms. The molecule has 0 bridgehead atoms. The van der Waals surface area contributed by atoms with Crippen LogP contribution in [0.4, 0.5) is 0 Å². The monoisotopic (exact) mass is 317 g/mol. The van der Waals surface area contributed by atoms with Crippen LogP contribution in [0.5, 0.6) is 0 Å². The fraction of sp³-hybridized carbons (Fsp3) is 0.273. The van der Waals surface area contributed by atoms with Gasteiger partial charge in [-0.25, -0.2) is 8.42 Å². The minimum atomic E-state index is -3.83. The summed E-state index contributed by atoms with van der Waals surface area (Å²) in [7, 11) is -3.83. The van der Waals surface area contributed by atoms with Crippen LogP contribution >= 0.6 is 23.2 Å². The lowest BCUT2D eigenvalue weighted by Gasteiger charge is -2.16. The van der Waals surface area contributed by atoms with Crippen molar-refractivity contribution in [2.75, 3.05) is 13.1 Å². The quantitative estimate of drug-likeness (QED) is 0.779. The average Bonchev–Trinajstić information content (AvgIpc) is 2.34. The largest absolute Gasteiger partial charge is 0.220 e. The van der Waals surface area contributed by atoms with E-state index in [0.29, 0.717) is 0 Å². The van der Waals surface area contributed by atoms with Crippen LogP contribution in [0.25, 0.3) is 0 Å². The maximum Gasteiger partial charge on any atom is 0.220 e. The molecular weight excluding hydrogens is 309 g/mol. The first-order chi connectivity index (χ1) is 8.92. The highest BCUT2D eigenvalue weighted by molar-refractivity contribution is 7.88. The van der Waals surface area contributed by atoms with Gasteiger partial charge < -0.3 is 0 Å². The van der Waals surface area contributed by atoms with E-state index in [0.717, 1.165) is 4.31 Å². The molecule has 0 unspecified atom stereocenters. The van der Waals surface area contributed by atoms with Crippen LogP contribution in [0, 0.1) is 22.7 Å². The van der Waals surface area contributed by atoms with Crippen LogP contribution in [-0.2, 0) is 15.8 Å². The molecule has 8 heteroatoms. The summed E-state index contributed by atoms with van der Waals surface area (Å²) in [6.07, 6.45) is 0. The number of rotatable bonds is 5. The smallest absolute Gasteiger partial charge is 0.212 e. The molecule has 0 atom stereocenters. The minimum absolute atomic E-state index is 0.227. The second kappa shape index (κ2) is 6.74. The van der Waals surface area contributed by atoms with Gasteiger partial charge in [0.25, 0.3) is 0 Å². The van der Waals surface area contributed by atoms with Gasteiger partial charge in [-0.05, 0) is 12.1 Å². The predicted molar refractivity (Wildman–Crippen MR) is 71.9 cm³/mol. The molecule has 0 aliphatic carbocycles. The fourth-order valence-corrected chi connectivity index (χ4v) is 3.41. The zero-order chi connectivity index (χ0) is 14.5. The Hall–Kier alpha value is -1.31. The summed E-state index contributed by atoms with van der Waals surface area (Å²) in [4.78, 5) is 0. The summed E-state index contributed by atoms with van der Waals surface area (Å²) in [6, 6.07) is 8.06. The molecule has 0 spiro atoms. The molecule has 1 rings (SSSR count). The predicted octanol–water partition coefficient (Wildman–Crippen LogP) is 2.17. The molecule has 100 valence electrons. The molecule has 0 radical (unpaired) electrons. The summed E-state index contributed by atoms with van der Waals surface area (Å²) < 4.78 is 25.0. The standard InChI is InChI=1S/C11H9Cl2N3O2S/c12-10-2-1-3-11(13)9(10)8-19(17,18)16(6-4-14)7-5-15/h1-3H,6-8H2. The minimum Gasteiger partial charge on any atom is -0.212 e. The summed E-state index contributed by atoms with van der Waals surface area (Å²) in [6.45, 7) is -0.782. The van der Waals surface area contributed by atoms with Crippen LogP contribution in [-0.4, -0.2) is 25.8 Å². The fourth-order valence-electron chi connectivity index (χ4n) is 1.35. The van der Waals surface area contributed by atoms with Crippen molar-refractivity contribution in [3.05, 3.63) is 33.8 Å². The van der Waals surface area contributed by atoms with E-state index in [2.05, 4.69) is 0 Å².